The molecule has 0 spiro atoms. The summed E-state index contributed by atoms with van der Waals surface area (Å²) in [6.45, 7) is 2.05. The largest absolute Gasteiger partial charge is 0.308 e. The lowest BCUT2D eigenvalue weighted by molar-refractivity contribution is 0.104. The molecule has 144 valence electrons. The highest BCUT2D eigenvalue weighted by atomic mass is 16.1. The Hall–Kier alpha value is -3.98. The number of nitrogens with zero attached hydrogens (tertiary/aromatic N) is 1. The molecule has 0 saturated carbocycles. The number of hydrogen-bond acceptors (Lipinski definition) is 2. The van der Waals surface area contributed by atoms with E-state index in [0.29, 0.717) is 22.2 Å². The number of fused-ring (bicyclic) bond motifs is 3. The number of carbonyl (C=O) groups is 2. The number of carbonyl (C=O) groups excluding carboxylic acids is 2. The Labute approximate surface area is 174 Å². The van der Waals surface area contributed by atoms with E-state index in [1.165, 1.54) is 5.56 Å². The van der Waals surface area contributed by atoms with Gasteiger partial charge in [0, 0.05) is 16.7 Å². The molecule has 2 heterocycles. The van der Waals surface area contributed by atoms with E-state index >= 15 is 0 Å². The lowest BCUT2D eigenvalue weighted by Gasteiger charge is -2.10. The molecule has 0 bridgehead atoms. The first-order chi connectivity index (χ1) is 14.7. The molecule has 2 aromatic heterocycles. The Bertz CT molecular complexity index is 1410. The van der Waals surface area contributed by atoms with Crippen LogP contribution in [0.3, 0.4) is 0 Å². The van der Waals surface area contributed by atoms with Crippen LogP contribution in [0.15, 0.2) is 91.0 Å². The maximum Gasteiger partial charge on any atom is 0.195 e. The second kappa shape index (κ2) is 7.12. The molecule has 0 amide bonds. The van der Waals surface area contributed by atoms with E-state index in [4.69, 9.17) is 0 Å². The fourth-order valence-corrected chi connectivity index (χ4v) is 4.04. The van der Waals surface area contributed by atoms with E-state index in [1.807, 2.05) is 65.9 Å². The molecule has 0 aliphatic carbocycles. The van der Waals surface area contributed by atoms with E-state index < -0.39 is 0 Å². The van der Waals surface area contributed by atoms with Crippen molar-refractivity contribution in [2.45, 2.75) is 6.92 Å². The van der Waals surface area contributed by atoms with Gasteiger partial charge < -0.3 is 4.40 Å². The second-order valence-electron chi connectivity index (χ2n) is 7.46. The number of rotatable bonds is 4. The Kier molecular flexibility index (Phi) is 4.29. The molecule has 0 fully saturated rings. The predicted octanol–water partition coefficient (Wildman–Crippen LogP) is 6.11. The molecule has 30 heavy (non-hydrogen) atoms. The van der Waals surface area contributed by atoms with Crippen LogP contribution in [0.4, 0.5) is 0 Å². The number of pyridine rings is 1. The summed E-state index contributed by atoms with van der Waals surface area (Å²) >= 11 is 0. The van der Waals surface area contributed by atoms with E-state index in [-0.39, 0.29) is 5.78 Å². The molecule has 5 aromatic rings. The molecule has 0 aliphatic rings. The number of aromatic nitrogens is 1. The van der Waals surface area contributed by atoms with Gasteiger partial charge in [0.15, 0.2) is 12.1 Å². The van der Waals surface area contributed by atoms with Crippen LogP contribution in [0, 0.1) is 6.92 Å². The third kappa shape index (κ3) is 2.83. The van der Waals surface area contributed by atoms with Crippen LogP contribution in [-0.2, 0) is 0 Å². The Morgan fingerprint density at radius 1 is 0.833 bits per heavy atom. The van der Waals surface area contributed by atoms with Crippen LogP contribution in [0.2, 0.25) is 0 Å². The molecule has 0 atom stereocenters. The van der Waals surface area contributed by atoms with Gasteiger partial charge in [-0.15, -0.1) is 0 Å². The van der Waals surface area contributed by atoms with Gasteiger partial charge in [0.05, 0.1) is 16.7 Å². The first-order valence-electron chi connectivity index (χ1n) is 9.86. The molecule has 5 rings (SSSR count). The Morgan fingerprint density at radius 2 is 1.53 bits per heavy atom. The van der Waals surface area contributed by atoms with Crippen molar-refractivity contribution in [1.82, 2.24) is 4.40 Å². The van der Waals surface area contributed by atoms with Crippen LogP contribution in [-0.4, -0.2) is 16.5 Å². The maximum atomic E-state index is 13.4. The summed E-state index contributed by atoms with van der Waals surface area (Å²) in [6.07, 6.45) is 0.836. The third-order valence-electron chi connectivity index (χ3n) is 5.52. The summed E-state index contributed by atoms with van der Waals surface area (Å²) in [5.41, 5.74) is 6.30. The molecule has 0 saturated heterocycles. The number of aryl methyl sites for hydroxylation is 1. The van der Waals surface area contributed by atoms with Crippen molar-refractivity contribution >= 4 is 28.5 Å². The highest BCUT2D eigenvalue weighted by molar-refractivity contribution is 6.17. The van der Waals surface area contributed by atoms with Gasteiger partial charge in [-0.1, -0.05) is 78.4 Å². The minimum atomic E-state index is -0.0927. The van der Waals surface area contributed by atoms with Crippen LogP contribution in [0.5, 0.6) is 0 Å². The summed E-state index contributed by atoms with van der Waals surface area (Å²) in [6, 6.07) is 29.1. The van der Waals surface area contributed by atoms with Crippen molar-refractivity contribution in [2.75, 3.05) is 0 Å². The van der Waals surface area contributed by atoms with Crippen molar-refractivity contribution in [2.24, 2.45) is 0 Å². The van der Waals surface area contributed by atoms with E-state index in [2.05, 4.69) is 24.3 Å². The van der Waals surface area contributed by atoms with Gasteiger partial charge in [-0.3, -0.25) is 9.59 Å². The van der Waals surface area contributed by atoms with Gasteiger partial charge in [-0.2, -0.15) is 0 Å². The predicted molar refractivity (Wildman–Crippen MR) is 120 cm³/mol. The third-order valence-corrected chi connectivity index (χ3v) is 5.52. The van der Waals surface area contributed by atoms with E-state index in [1.54, 1.807) is 12.1 Å². The maximum absolute atomic E-state index is 13.4. The molecule has 3 nitrogen and oxygen atoms in total. The molecule has 3 aromatic carbocycles. The fourth-order valence-electron chi connectivity index (χ4n) is 4.04. The Balaban J connectivity index is 1.92. The smallest absolute Gasteiger partial charge is 0.195 e. The number of aldehydes is 1. The SMILES string of the molecule is Cc1ccc(-c2cc(C(=O)c3ccccc3)c3c(C=O)cc4ccccc4n23)cc1. The van der Waals surface area contributed by atoms with Gasteiger partial charge >= 0.3 is 0 Å². The van der Waals surface area contributed by atoms with Gasteiger partial charge in [0.25, 0.3) is 0 Å². The van der Waals surface area contributed by atoms with Gasteiger partial charge in [0.2, 0.25) is 0 Å². The molecule has 0 radical (unpaired) electrons. The highest BCUT2D eigenvalue weighted by Crippen LogP contribution is 2.33. The highest BCUT2D eigenvalue weighted by Gasteiger charge is 2.22. The van der Waals surface area contributed by atoms with Crippen molar-refractivity contribution in [3.63, 3.8) is 0 Å². The second-order valence-corrected chi connectivity index (χ2v) is 7.46. The first-order valence-corrected chi connectivity index (χ1v) is 9.86. The molecule has 0 unspecified atom stereocenters. The zero-order valence-corrected chi connectivity index (χ0v) is 16.5. The topological polar surface area (TPSA) is 38.5 Å². The average molecular weight is 389 g/mol. The van der Waals surface area contributed by atoms with Crippen molar-refractivity contribution in [3.05, 3.63) is 113 Å². The summed E-state index contributed by atoms with van der Waals surface area (Å²) in [5.74, 6) is -0.0927. The van der Waals surface area contributed by atoms with Crippen molar-refractivity contribution < 1.29 is 9.59 Å². The molecule has 3 heteroatoms. The number of para-hydroxylation sites is 1. The monoisotopic (exact) mass is 389 g/mol. The normalized spacial score (nSPS) is 11.1. The quantitative estimate of drug-likeness (QED) is 0.275. The average Bonchev–Trinajstić information content (AvgIpc) is 3.20. The summed E-state index contributed by atoms with van der Waals surface area (Å²) < 4.78 is 2.04. The molecule has 0 aliphatic heterocycles. The van der Waals surface area contributed by atoms with Crippen LogP contribution in [0.1, 0.15) is 31.8 Å². The van der Waals surface area contributed by atoms with Crippen molar-refractivity contribution in [3.8, 4) is 11.3 Å². The van der Waals surface area contributed by atoms with Crippen LogP contribution in [0.25, 0.3) is 27.7 Å². The zero-order chi connectivity index (χ0) is 20.7. The molecule has 0 N–H and O–H groups in total. The lowest BCUT2D eigenvalue weighted by atomic mass is 10.0. The summed E-state index contributed by atoms with van der Waals surface area (Å²) in [4.78, 5) is 25.5. The van der Waals surface area contributed by atoms with E-state index in [0.717, 1.165) is 28.4 Å². The molecular weight excluding hydrogens is 370 g/mol. The zero-order valence-electron chi connectivity index (χ0n) is 16.5. The minimum absolute atomic E-state index is 0.0927. The fraction of sp³-hybridized carbons (Fsp3) is 0.0370. The summed E-state index contributed by atoms with van der Waals surface area (Å²) in [7, 11) is 0. The van der Waals surface area contributed by atoms with E-state index in [9.17, 15) is 9.59 Å². The standard InChI is InChI=1S/C27H19NO2/c1-18-11-13-19(14-12-18)25-16-23(27(30)20-7-3-2-4-8-20)26-22(17-29)15-21-9-5-6-10-24(21)28(25)26/h2-17H,1H3. The minimum Gasteiger partial charge on any atom is -0.308 e. The lowest BCUT2D eigenvalue weighted by Crippen LogP contribution is -2.03. The van der Waals surface area contributed by atoms with Gasteiger partial charge in [-0.05, 0) is 36.1 Å². The van der Waals surface area contributed by atoms with Gasteiger partial charge in [0.1, 0.15) is 0 Å². The number of hydrogen-bond donors (Lipinski definition) is 0. The molecular formula is C27H19NO2. The van der Waals surface area contributed by atoms with Crippen LogP contribution >= 0.6 is 0 Å². The Morgan fingerprint density at radius 3 is 2.27 bits per heavy atom. The van der Waals surface area contributed by atoms with Gasteiger partial charge in [-0.25, -0.2) is 0 Å². The number of benzene rings is 3. The summed E-state index contributed by atoms with van der Waals surface area (Å²) in [5, 5.41) is 0.953. The van der Waals surface area contributed by atoms with Crippen molar-refractivity contribution in [1.29, 1.82) is 0 Å². The number of ketones is 1. The van der Waals surface area contributed by atoms with Crippen LogP contribution < -0.4 is 0 Å². The first kappa shape index (κ1) is 18.1.